The molecule has 0 radical (unpaired) electrons. The van der Waals surface area contributed by atoms with E-state index in [9.17, 15) is 43.2 Å². The van der Waals surface area contributed by atoms with Crippen LogP contribution in [0.1, 0.15) is 420 Å². The zero-order valence-corrected chi connectivity index (χ0v) is 66.6. The van der Waals surface area contributed by atoms with Gasteiger partial charge in [-0.25, -0.2) is 9.13 Å². The molecule has 19 heteroatoms. The predicted octanol–water partition coefficient (Wildman–Crippen LogP) is 23.9. The number of hydrogen-bond acceptors (Lipinski definition) is 15. The lowest BCUT2D eigenvalue weighted by Gasteiger charge is -2.21. The van der Waals surface area contributed by atoms with E-state index in [0.717, 1.165) is 108 Å². The van der Waals surface area contributed by atoms with E-state index in [2.05, 4.69) is 41.5 Å². The van der Waals surface area contributed by atoms with E-state index in [1.807, 2.05) is 0 Å². The van der Waals surface area contributed by atoms with Crippen molar-refractivity contribution in [3.05, 3.63) is 0 Å². The normalized spacial score (nSPS) is 14.5. The van der Waals surface area contributed by atoms with Crippen LogP contribution >= 0.6 is 15.6 Å². The van der Waals surface area contributed by atoms with Gasteiger partial charge < -0.3 is 33.8 Å². The number of phosphoric acid groups is 2. The molecule has 0 saturated heterocycles. The highest BCUT2D eigenvalue weighted by Crippen LogP contribution is 2.45. The molecule has 0 aliphatic rings. The summed E-state index contributed by atoms with van der Waals surface area (Å²) in [6.45, 7) is 9.66. The van der Waals surface area contributed by atoms with Gasteiger partial charge in [0.15, 0.2) is 12.2 Å². The molecule has 0 rings (SSSR count). The third-order valence-corrected chi connectivity index (χ3v) is 21.3. The molecule has 0 bridgehead atoms. The van der Waals surface area contributed by atoms with Gasteiger partial charge in [-0.3, -0.25) is 37.3 Å². The molecule has 7 atom stereocenters. The zero-order chi connectivity index (χ0) is 72.8. The zero-order valence-electron chi connectivity index (χ0n) is 64.8. The van der Waals surface area contributed by atoms with E-state index < -0.39 is 97.5 Å². The quantitative estimate of drug-likeness (QED) is 0.0222. The SMILES string of the molecule is CCCCCCCCCCCCCCCCCCCC(=O)OC[C@H](COP(=O)(O)OC[C@@H](O)COP(=O)(O)OC[C@@H](COC(=O)CCCCCCCCCC)OC(=O)CCCCCCCCCCC(C)CC)OC(=O)CCCCCCCCCCCCCCCCCCCCC(C)CC. The second-order valence-electron chi connectivity index (χ2n) is 29.3. The molecular formula is C80H156O17P2. The summed E-state index contributed by atoms with van der Waals surface area (Å²) >= 11 is 0. The van der Waals surface area contributed by atoms with E-state index in [1.54, 1.807) is 0 Å². The van der Waals surface area contributed by atoms with Crippen molar-refractivity contribution in [2.75, 3.05) is 39.6 Å². The molecule has 0 amide bonds. The molecule has 99 heavy (non-hydrogen) atoms. The number of aliphatic hydroxyl groups is 1. The fourth-order valence-electron chi connectivity index (χ4n) is 12.3. The van der Waals surface area contributed by atoms with Crippen LogP contribution in [0.25, 0.3) is 0 Å². The minimum absolute atomic E-state index is 0.105. The summed E-state index contributed by atoms with van der Waals surface area (Å²) in [6, 6.07) is 0. The van der Waals surface area contributed by atoms with Crippen molar-refractivity contribution in [3.8, 4) is 0 Å². The van der Waals surface area contributed by atoms with Gasteiger partial charge in [-0.2, -0.15) is 0 Å². The highest BCUT2D eigenvalue weighted by atomic mass is 31.2. The van der Waals surface area contributed by atoms with E-state index in [4.69, 9.17) is 37.0 Å². The Morgan fingerprint density at radius 3 is 0.717 bits per heavy atom. The lowest BCUT2D eigenvalue weighted by molar-refractivity contribution is -0.161. The Labute approximate surface area is 607 Å². The summed E-state index contributed by atoms with van der Waals surface area (Å²) in [7, 11) is -9.91. The Hall–Kier alpha value is -1.94. The molecule has 4 unspecified atom stereocenters. The van der Waals surface area contributed by atoms with Crippen molar-refractivity contribution in [2.24, 2.45) is 11.8 Å². The number of esters is 4. The molecule has 588 valence electrons. The van der Waals surface area contributed by atoms with Gasteiger partial charge >= 0.3 is 39.5 Å². The molecule has 0 aromatic carbocycles. The molecule has 0 aliphatic heterocycles. The molecule has 0 fully saturated rings. The van der Waals surface area contributed by atoms with Crippen LogP contribution in [0.15, 0.2) is 0 Å². The number of aliphatic hydroxyl groups excluding tert-OH is 1. The summed E-state index contributed by atoms with van der Waals surface area (Å²) in [4.78, 5) is 72.8. The Kier molecular flexibility index (Phi) is 70.3. The fourth-order valence-corrected chi connectivity index (χ4v) is 13.9. The van der Waals surface area contributed by atoms with Gasteiger partial charge in [0.05, 0.1) is 26.4 Å². The average Bonchev–Trinajstić information content (AvgIpc) is 1.04. The number of carbonyl (C=O) groups excluding carboxylic acids is 4. The van der Waals surface area contributed by atoms with E-state index >= 15 is 0 Å². The summed E-state index contributed by atoms with van der Waals surface area (Å²) in [5.74, 6) is -0.474. The third kappa shape index (κ3) is 71.5. The van der Waals surface area contributed by atoms with Crippen LogP contribution in [-0.4, -0.2) is 96.7 Å². The molecule has 17 nitrogen and oxygen atoms in total. The highest BCUT2D eigenvalue weighted by molar-refractivity contribution is 7.47. The fraction of sp³-hybridized carbons (Fsp3) is 0.950. The number of rotatable bonds is 79. The average molecular weight is 1450 g/mol. The number of ether oxygens (including phenoxy) is 4. The van der Waals surface area contributed by atoms with Crippen molar-refractivity contribution in [1.82, 2.24) is 0 Å². The van der Waals surface area contributed by atoms with Crippen LogP contribution in [0.4, 0.5) is 0 Å². The third-order valence-electron chi connectivity index (χ3n) is 19.4. The van der Waals surface area contributed by atoms with E-state index in [-0.39, 0.29) is 25.7 Å². The first kappa shape index (κ1) is 97.1. The number of unbranched alkanes of at least 4 members (excludes halogenated alkanes) is 47. The molecule has 0 spiro atoms. The first-order chi connectivity index (χ1) is 47.9. The molecule has 0 aromatic heterocycles. The van der Waals surface area contributed by atoms with Crippen molar-refractivity contribution in [1.29, 1.82) is 0 Å². The first-order valence-electron chi connectivity index (χ1n) is 41.6. The van der Waals surface area contributed by atoms with Gasteiger partial charge in [-0.1, -0.05) is 369 Å². The Balaban J connectivity index is 5.18. The van der Waals surface area contributed by atoms with Gasteiger partial charge in [0.2, 0.25) is 0 Å². The summed E-state index contributed by atoms with van der Waals surface area (Å²) < 4.78 is 68.6. The maximum atomic E-state index is 13.1. The van der Waals surface area contributed by atoms with Crippen LogP contribution in [0.3, 0.4) is 0 Å². The number of hydrogen-bond donors (Lipinski definition) is 3. The Morgan fingerprint density at radius 2 is 0.485 bits per heavy atom. The lowest BCUT2D eigenvalue weighted by atomic mass is 9.99. The number of carbonyl (C=O) groups is 4. The van der Waals surface area contributed by atoms with Gasteiger partial charge in [-0.05, 0) is 37.5 Å². The Morgan fingerprint density at radius 1 is 0.283 bits per heavy atom. The van der Waals surface area contributed by atoms with Crippen molar-refractivity contribution in [3.63, 3.8) is 0 Å². The molecule has 0 aromatic rings. The minimum atomic E-state index is -4.96. The maximum Gasteiger partial charge on any atom is 0.472 e. The van der Waals surface area contributed by atoms with Gasteiger partial charge in [-0.15, -0.1) is 0 Å². The minimum Gasteiger partial charge on any atom is -0.462 e. The number of phosphoric ester groups is 2. The lowest BCUT2D eigenvalue weighted by Crippen LogP contribution is -2.30. The molecule has 0 saturated carbocycles. The highest BCUT2D eigenvalue weighted by Gasteiger charge is 2.30. The molecule has 0 heterocycles. The van der Waals surface area contributed by atoms with Gasteiger partial charge in [0.25, 0.3) is 0 Å². The maximum absolute atomic E-state index is 13.1. The standard InChI is InChI=1S/C80H156O17P2/c1-7-11-13-15-17-19-20-21-22-25-29-32-35-38-45-51-57-63-78(83)91-69-76(96-79(84)64-58-52-46-39-36-33-30-27-24-23-26-28-31-34-37-42-48-54-60-72(5)9-3)71-95-99(88,89)93-67-74(81)66-92-98(86,87)94-70-75(68-90-77(82)62-56-50-44-18-16-14-12-8-2)97-80(85)65-59-53-47-41-40-43-49-55-61-73(6)10-4/h72-76,81H,7-71H2,1-6H3,(H,86,87)(H,88,89)/t72?,73?,74-,75+,76+/m0/s1. The smallest absolute Gasteiger partial charge is 0.462 e. The van der Waals surface area contributed by atoms with Gasteiger partial charge in [0.1, 0.15) is 19.3 Å². The van der Waals surface area contributed by atoms with Crippen LogP contribution in [0.2, 0.25) is 0 Å². The van der Waals surface area contributed by atoms with Crippen molar-refractivity contribution in [2.45, 2.75) is 439 Å². The van der Waals surface area contributed by atoms with Crippen LogP contribution in [0, 0.1) is 11.8 Å². The summed E-state index contributed by atoms with van der Waals surface area (Å²) in [5, 5.41) is 10.6. The van der Waals surface area contributed by atoms with E-state index in [1.165, 1.54) is 231 Å². The van der Waals surface area contributed by atoms with Gasteiger partial charge in [0, 0.05) is 25.7 Å². The largest absolute Gasteiger partial charge is 0.472 e. The van der Waals surface area contributed by atoms with Crippen LogP contribution < -0.4 is 0 Å². The van der Waals surface area contributed by atoms with Crippen molar-refractivity contribution >= 4 is 39.5 Å². The second kappa shape index (κ2) is 71.7. The predicted molar refractivity (Wildman–Crippen MR) is 405 cm³/mol. The van der Waals surface area contributed by atoms with Crippen LogP contribution in [0.5, 0.6) is 0 Å². The van der Waals surface area contributed by atoms with Crippen LogP contribution in [-0.2, 0) is 65.4 Å². The summed E-state index contributed by atoms with van der Waals surface area (Å²) in [6.07, 6.45) is 61.1. The van der Waals surface area contributed by atoms with Crippen molar-refractivity contribution < 1.29 is 80.2 Å². The Bertz CT molecular complexity index is 1910. The molecule has 3 N–H and O–H groups in total. The first-order valence-corrected chi connectivity index (χ1v) is 44.6. The topological polar surface area (TPSA) is 237 Å². The monoisotopic (exact) mass is 1450 g/mol. The molecule has 0 aliphatic carbocycles. The molecular weight excluding hydrogens is 1290 g/mol. The second-order valence-corrected chi connectivity index (χ2v) is 32.2. The summed E-state index contributed by atoms with van der Waals surface area (Å²) in [5.41, 5.74) is 0. The van der Waals surface area contributed by atoms with E-state index in [0.29, 0.717) is 25.7 Å².